The Hall–Kier alpha value is -2.50. The molecular weight excluding hydrogens is 256 g/mol. The van der Waals surface area contributed by atoms with Crippen molar-refractivity contribution in [3.8, 4) is 11.3 Å². The van der Waals surface area contributed by atoms with Gasteiger partial charge in [0.1, 0.15) is 5.56 Å². The van der Waals surface area contributed by atoms with Gasteiger partial charge < -0.3 is 10.3 Å². The van der Waals surface area contributed by atoms with Crippen LogP contribution < -0.4 is 11.3 Å². The largest absolute Gasteiger partial charge is 0.365 e. The van der Waals surface area contributed by atoms with Crippen LogP contribution >= 0.6 is 0 Å². The first-order valence-corrected chi connectivity index (χ1v) is 6.43. The molecule has 0 unspecified atom stereocenters. The van der Waals surface area contributed by atoms with E-state index in [4.69, 9.17) is 5.73 Å². The normalized spacial score (nSPS) is 10.5. The number of amides is 1. The molecule has 0 aliphatic rings. The third-order valence-corrected chi connectivity index (χ3v) is 3.16. The molecule has 0 aromatic carbocycles. The van der Waals surface area contributed by atoms with Crippen molar-refractivity contribution in [2.24, 2.45) is 5.73 Å². The molecular formula is C14H16N4O2. The van der Waals surface area contributed by atoms with Gasteiger partial charge in [-0.2, -0.15) is 0 Å². The molecule has 1 amide bonds. The molecule has 0 aliphatic heterocycles. The van der Waals surface area contributed by atoms with Gasteiger partial charge in [0.2, 0.25) is 0 Å². The van der Waals surface area contributed by atoms with Crippen LogP contribution in [0, 0.1) is 0 Å². The smallest absolute Gasteiger partial charge is 0.263 e. The molecule has 0 saturated heterocycles. The fourth-order valence-corrected chi connectivity index (χ4v) is 2.26. The Balaban J connectivity index is 2.83. The van der Waals surface area contributed by atoms with Crippen LogP contribution in [0.25, 0.3) is 11.3 Å². The molecule has 2 heterocycles. The lowest BCUT2D eigenvalue weighted by Crippen LogP contribution is -2.31. The van der Waals surface area contributed by atoms with Crippen LogP contribution in [-0.2, 0) is 13.0 Å². The number of nitrogens with two attached hydrogens (primary N) is 1. The van der Waals surface area contributed by atoms with E-state index in [1.54, 1.807) is 23.2 Å². The number of nitrogens with zero attached hydrogens (tertiary/aromatic N) is 3. The van der Waals surface area contributed by atoms with Gasteiger partial charge in [0.05, 0.1) is 11.9 Å². The van der Waals surface area contributed by atoms with Crippen LogP contribution in [0.15, 0.2) is 29.5 Å². The van der Waals surface area contributed by atoms with E-state index in [0.29, 0.717) is 18.7 Å². The highest BCUT2D eigenvalue weighted by molar-refractivity contribution is 5.93. The lowest BCUT2D eigenvalue weighted by atomic mass is 10.0. The van der Waals surface area contributed by atoms with Gasteiger partial charge in [-0.25, -0.2) is 0 Å². The van der Waals surface area contributed by atoms with E-state index in [9.17, 15) is 9.59 Å². The number of carbonyl (C=O) groups is 1. The second-order valence-electron chi connectivity index (χ2n) is 4.28. The molecule has 20 heavy (non-hydrogen) atoms. The molecule has 2 rings (SSSR count). The number of primary amides is 1. The Kier molecular flexibility index (Phi) is 3.93. The second kappa shape index (κ2) is 5.64. The third-order valence-electron chi connectivity index (χ3n) is 3.16. The first kappa shape index (κ1) is 13.9. The van der Waals surface area contributed by atoms with Crippen LogP contribution in [0.5, 0.6) is 0 Å². The topological polar surface area (TPSA) is 90.9 Å². The fraction of sp³-hybridized carbons (Fsp3) is 0.286. The molecule has 0 saturated carbocycles. The molecule has 104 valence electrons. The molecule has 2 N–H and O–H groups in total. The third kappa shape index (κ3) is 2.32. The van der Waals surface area contributed by atoms with Crippen molar-refractivity contribution in [2.45, 2.75) is 26.8 Å². The summed E-state index contributed by atoms with van der Waals surface area (Å²) in [5.41, 5.74) is 7.07. The number of hydrogen-bond donors (Lipinski definition) is 1. The van der Waals surface area contributed by atoms with E-state index in [1.165, 1.54) is 6.07 Å². The molecule has 0 fully saturated rings. The number of pyridine rings is 1. The summed E-state index contributed by atoms with van der Waals surface area (Å²) in [5, 5.41) is 0. The molecule has 2 aromatic heterocycles. The highest BCUT2D eigenvalue weighted by Crippen LogP contribution is 2.21. The van der Waals surface area contributed by atoms with Crippen molar-refractivity contribution < 1.29 is 4.79 Å². The molecule has 6 heteroatoms. The van der Waals surface area contributed by atoms with Crippen molar-refractivity contribution >= 4 is 5.91 Å². The van der Waals surface area contributed by atoms with Crippen molar-refractivity contribution in [2.75, 3.05) is 0 Å². The molecule has 0 bridgehead atoms. The minimum absolute atomic E-state index is 0.0234. The molecule has 6 nitrogen and oxygen atoms in total. The average molecular weight is 272 g/mol. The monoisotopic (exact) mass is 272 g/mol. The van der Waals surface area contributed by atoms with Gasteiger partial charge in [0.25, 0.3) is 11.5 Å². The van der Waals surface area contributed by atoms with E-state index >= 15 is 0 Å². The van der Waals surface area contributed by atoms with Crippen molar-refractivity contribution in [1.82, 2.24) is 14.5 Å². The van der Waals surface area contributed by atoms with Crippen molar-refractivity contribution in [1.29, 1.82) is 0 Å². The molecule has 0 spiro atoms. The number of rotatable bonds is 4. The Morgan fingerprint density at radius 3 is 2.60 bits per heavy atom. The number of carbonyl (C=O) groups excluding carboxylic acids is 1. The summed E-state index contributed by atoms with van der Waals surface area (Å²) in [5.74, 6) is -0.731. The number of aromatic nitrogens is 3. The van der Waals surface area contributed by atoms with Gasteiger partial charge in [-0.15, -0.1) is 0 Å². The van der Waals surface area contributed by atoms with Crippen LogP contribution in [-0.4, -0.2) is 20.4 Å². The summed E-state index contributed by atoms with van der Waals surface area (Å²) in [6.07, 6.45) is 5.39. The highest BCUT2D eigenvalue weighted by atomic mass is 16.2. The summed E-state index contributed by atoms with van der Waals surface area (Å²) < 4.78 is 1.56. The van der Waals surface area contributed by atoms with Crippen LogP contribution in [0.4, 0.5) is 0 Å². The molecule has 2 aromatic rings. The van der Waals surface area contributed by atoms with Crippen molar-refractivity contribution in [3.05, 3.63) is 46.3 Å². The molecule has 0 atom stereocenters. The van der Waals surface area contributed by atoms with Gasteiger partial charge in [0, 0.05) is 30.2 Å². The minimum atomic E-state index is -0.731. The Morgan fingerprint density at radius 2 is 2.10 bits per heavy atom. The Bertz CT molecular complexity index is 692. The van der Waals surface area contributed by atoms with E-state index in [2.05, 4.69) is 9.97 Å². The van der Waals surface area contributed by atoms with Gasteiger partial charge in [-0.1, -0.05) is 6.92 Å². The van der Waals surface area contributed by atoms with Gasteiger partial charge in [-0.3, -0.25) is 19.6 Å². The van der Waals surface area contributed by atoms with Crippen LogP contribution in [0.2, 0.25) is 0 Å². The van der Waals surface area contributed by atoms with E-state index in [-0.39, 0.29) is 11.1 Å². The second-order valence-corrected chi connectivity index (χ2v) is 4.28. The quantitative estimate of drug-likeness (QED) is 0.898. The van der Waals surface area contributed by atoms with Gasteiger partial charge >= 0.3 is 0 Å². The summed E-state index contributed by atoms with van der Waals surface area (Å²) in [6, 6.07) is 1.51. The number of hydrogen-bond acceptors (Lipinski definition) is 4. The maximum atomic E-state index is 12.2. The lowest BCUT2D eigenvalue weighted by Gasteiger charge is -2.15. The van der Waals surface area contributed by atoms with E-state index < -0.39 is 5.91 Å². The Labute approximate surface area is 116 Å². The summed E-state index contributed by atoms with van der Waals surface area (Å²) in [7, 11) is 0. The summed E-state index contributed by atoms with van der Waals surface area (Å²) in [6.45, 7) is 4.27. The SMILES string of the molecule is CCc1c(-c2cnccn2)cc(C(N)=O)c(=O)n1CC. The zero-order valence-electron chi connectivity index (χ0n) is 11.5. The first-order valence-electron chi connectivity index (χ1n) is 6.43. The first-order chi connectivity index (χ1) is 9.60. The predicted molar refractivity (Wildman–Crippen MR) is 75.3 cm³/mol. The minimum Gasteiger partial charge on any atom is -0.365 e. The molecule has 0 radical (unpaired) electrons. The zero-order chi connectivity index (χ0) is 14.7. The Morgan fingerprint density at radius 1 is 1.35 bits per heavy atom. The van der Waals surface area contributed by atoms with Gasteiger partial charge in [-0.05, 0) is 19.4 Å². The standard InChI is InChI=1S/C14H16N4O2/c1-3-12-9(11-8-16-5-6-17-11)7-10(13(15)19)14(20)18(12)4-2/h5-8H,3-4H2,1-2H3,(H2,15,19). The lowest BCUT2D eigenvalue weighted by molar-refractivity contribution is 0.0998. The zero-order valence-corrected chi connectivity index (χ0v) is 11.5. The maximum Gasteiger partial charge on any atom is 0.263 e. The summed E-state index contributed by atoms with van der Waals surface area (Å²) >= 11 is 0. The summed E-state index contributed by atoms with van der Waals surface area (Å²) in [4.78, 5) is 31.9. The van der Waals surface area contributed by atoms with Gasteiger partial charge in [0.15, 0.2) is 0 Å². The highest BCUT2D eigenvalue weighted by Gasteiger charge is 2.17. The van der Waals surface area contributed by atoms with Crippen molar-refractivity contribution in [3.63, 3.8) is 0 Å². The van der Waals surface area contributed by atoms with Crippen LogP contribution in [0.3, 0.4) is 0 Å². The predicted octanol–water partition coefficient (Wildman–Crippen LogP) is 0.987. The van der Waals surface area contributed by atoms with E-state index in [1.807, 2.05) is 13.8 Å². The molecule has 0 aliphatic carbocycles. The maximum absolute atomic E-state index is 12.2. The van der Waals surface area contributed by atoms with E-state index in [0.717, 1.165) is 11.3 Å². The fourth-order valence-electron chi connectivity index (χ4n) is 2.26. The average Bonchev–Trinajstić information content (AvgIpc) is 2.47. The van der Waals surface area contributed by atoms with Crippen LogP contribution in [0.1, 0.15) is 29.9 Å².